The molecule has 3 rings (SSSR count). The van der Waals surface area contributed by atoms with E-state index in [0.717, 1.165) is 18.4 Å². The van der Waals surface area contributed by atoms with Gasteiger partial charge < -0.3 is 14.2 Å². The topological polar surface area (TPSA) is 44.8 Å². The van der Waals surface area contributed by atoms with E-state index in [-0.39, 0.29) is 6.61 Å². The van der Waals surface area contributed by atoms with Crippen LogP contribution in [-0.4, -0.2) is 31.9 Å². The number of carbonyl (C=O) groups excluding carboxylic acids is 1. The van der Waals surface area contributed by atoms with Crippen molar-refractivity contribution in [3.63, 3.8) is 0 Å². The first kappa shape index (κ1) is 15.7. The summed E-state index contributed by atoms with van der Waals surface area (Å²) in [5.74, 6) is 0.208. The van der Waals surface area contributed by atoms with Gasteiger partial charge in [-0.25, -0.2) is 4.79 Å². The van der Waals surface area contributed by atoms with Crippen LogP contribution in [0.4, 0.5) is 0 Å². The predicted octanol–water partition coefficient (Wildman–Crippen LogP) is 2.79. The zero-order chi connectivity index (χ0) is 15.9. The van der Waals surface area contributed by atoms with Crippen LogP contribution in [0, 0.1) is 0 Å². The van der Waals surface area contributed by atoms with Gasteiger partial charge in [-0.1, -0.05) is 48.5 Å². The van der Waals surface area contributed by atoms with E-state index in [4.69, 9.17) is 14.2 Å². The Hall–Kier alpha value is -2.17. The molecule has 0 spiro atoms. The number of rotatable bonds is 5. The Bertz CT molecular complexity index is 633. The van der Waals surface area contributed by atoms with Crippen molar-refractivity contribution < 1.29 is 19.0 Å². The van der Waals surface area contributed by atoms with Gasteiger partial charge in [-0.15, -0.1) is 0 Å². The van der Waals surface area contributed by atoms with Gasteiger partial charge in [0.1, 0.15) is 5.75 Å². The molecule has 4 heteroatoms. The number of ether oxygens (including phenoxy) is 3. The molecule has 1 unspecified atom stereocenters. The van der Waals surface area contributed by atoms with Crippen LogP contribution in [0.3, 0.4) is 0 Å². The van der Waals surface area contributed by atoms with Crippen LogP contribution in [0.1, 0.15) is 11.1 Å². The third-order valence-electron chi connectivity index (χ3n) is 3.79. The first-order chi connectivity index (χ1) is 11.3. The highest BCUT2D eigenvalue weighted by molar-refractivity contribution is 5.77. The Morgan fingerprint density at radius 1 is 1.00 bits per heavy atom. The first-order valence-corrected chi connectivity index (χ1v) is 7.86. The molecule has 2 aromatic carbocycles. The van der Waals surface area contributed by atoms with E-state index in [0.29, 0.717) is 19.0 Å². The minimum absolute atomic E-state index is 0.255. The number of carbonyl (C=O) groups is 1. The summed E-state index contributed by atoms with van der Waals surface area (Å²) in [5.41, 5.74) is 2.28. The van der Waals surface area contributed by atoms with Crippen LogP contribution in [-0.2, 0) is 27.1 Å². The number of aryl methyl sites for hydroxylation is 2. The van der Waals surface area contributed by atoms with Crippen LogP contribution in [0.25, 0.3) is 0 Å². The van der Waals surface area contributed by atoms with Gasteiger partial charge in [0.25, 0.3) is 0 Å². The fourth-order valence-electron chi connectivity index (χ4n) is 2.53. The molecule has 1 aliphatic rings. The predicted molar refractivity (Wildman–Crippen MR) is 86.5 cm³/mol. The number of hydrogen-bond acceptors (Lipinski definition) is 4. The van der Waals surface area contributed by atoms with Crippen LogP contribution in [0.2, 0.25) is 0 Å². The summed E-state index contributed by atoms with van der Waals surface area (Å²) < 4.78 is 16.2. The molecule has 2 aromatic rings. The van der Waals surface area contributed by atoms with Crippen molar-refractivity contribution in [3.8, 4) is 5.75 Å². The molecule has 0 saturated carbocycles. The Labute approximate surface area is 136 Å². The Balaban J connectivity index is 1.64. The summed E-state index contributed by atoms with van der Waals surface area (Å²) in [5, 5.41) is 0. The molecule has 0 bridgehead atoms. The van der Waals surface area contributed by atoms with Crippen LogP contribution < -0.4 is 4.74 Å². The number of esters is 1. The molecule has 120 valence electrons. The van der Waals surface area contributed by atoms with Gasteiger partial charge >= 0.3 is 5.97 Å². The van der Waals surface area contributed by atoms with E-state index >= 15 is 0 Å². The fraction of sp³-hybridized carbons (Fsp3) is 0.316. The lowest BCUT2D eigenvalue weighted by molar-refractivity contribution is -0.161. The Kier molecular flexibility index (Phi) is 5.40. The minimum Gasteiger partial charge on any atom is -0.424 e. The molecule has 23 heavy (non-hydrogen) atoms. The molecule has 0 aliphatic carbocycles. The molecule has 4 nitrogen and oxygen atoms in total. The number of benzene rings is 2. The molecule has 1 fully saturated rings. The van der Waals surface area contributed by atoms with Gasteiger partial charge in [0.2, 0.25) is 0 Å². The average molecular weight is 312 g/mol. The normalized spacial score (nSPS) is 17.7. The maximum absolute atomic E-state index is 12.2. The second-order valence-electron chi connectivity index (χ2n) is 5.45. The standard InChI is InChI=1S/C19H20O4/c20-19(18-14-21-12-13-22-18)23-17-9-5-4-8-16(17)11-10-15-6-2-1-3-7-15/h1-9,18H,10-14H2. The van der Waals surface area contributed by atoms with E-state index < -0.39 is 12.1 Å². The van der Waals surface area contributed by atoms with Crippen molar-refractivity contribution in [1.29, 1.82) is 0 Å². The van der Waals surface area contributed by atoms with Gasteiger partial charge in [0.15, 0.2) is 6.10 Å². The quantitative estimate of drug-likeness (QED) is 0.629. The SMILES string of the molecule is O=C(Oc1ccccc1CCc1ccccc1)C1COCCO1. The van der Waals surface area contributed by atoms with E-state index in [9.17, 15) is 4.79 Å². The van der Waals surface area contributed by atoms with Gasteiger partial charge in [-0.3, -0.25) is 0 Å². The molecule has 1 heterocycles. The molecule has 0 radical (unpaired) electrons. The molecule has 1 aliphatic heterocycles. The molecular formula is C19H20O4. The maximum Gasteiger partial charge on any atom is 0.343 e. The van der Waals surface area contributed by atoms with Gasteiger partial charge in [0, 0.05) is 0 Å². The zero-order valence-electron chi connectivity index (χ0n) is 12.9. The first-order valence-electron chi connectivity index (χ1n) is 7.86. The highest BCUT2D eigenvalue weighted by atomic mass is 16.6. The molecule has 0 amide bonds. The molecule has 1 saturated heterocycles. The second kappa shape index (κ2) is 7.90. The lowest BCUT2D eigenvalue weighted by Crippen LogP contribution is -2.38. The lowest BCUT2D eigenvalue weighted by atomic mass is 10.0. The van der Waals surface area contributed by atoms with E-state index in [1.54, 1.807) is 0 Å². The monoisotopic (exact) mass is 312 g/mol. The average Bonchev–Trinajstić information content (AvgIpc) is 2.62. The smallest absolute Gasteiger partial charge is 0.343 e. The van der Waals surface area contributed by atoms with Crippen molar-refractivity contribution in [2.45, 2.75) is 18.9 Å². The van der Waals surface area contributed by atoms with Crippen LogP contribution in [0.15, 0.2) is 54.6 Å². The second-order valence-corrected chi connectivity index (χ2v) is 5.45. The number of hydrogen-bond donors (Lipinski definition) is 0. The summed E-state index contributed by atoms with van der Waals surface area (Å²) in [6.07, 6.45) is 1.08. The lowest BCUT2D eigenvalue weighted by Gasteiger charge is -2.21. The van der Waals surface area contributed by atoms with Gasteiger partial charge in [0.05, 0.1) is 19.8 Å². The van der Waals surface area contributed by atoms with Crippen LogP contribution in [0.5, 0.6) is 5.75 Å². The van der Waals surface area contributed by atoms with Gasteiger partial charge in [-0.05, 0) is 30.0 Å². The van der Waals surface area contributed by atoms with E-state index in [1.807, 2.05) is 42.5 Å². The zero-order valence-corrected chi connectivity index (χ0v) is 12.9. The summed E-state index contributed by atoms with van der Waals surface area (Å²) in [6, 6.07) is 17.9. The van der Waals surface area contributed by atoms with Crippen molar-refractivity contribution in [2.75, 3.05) is 19.8 Å². The maximum atomic E-state index is 12.2. The summed E-state index contributed by atoms with van der Waals surface area (Å²) >= 11 is 0. The highest BCUT2D eigenvalue weighted by Crippen LogP contribution is 2.21. The minimum atomic E-state index is -0.633. The summed E-state index contributed by atoms with van der Waals surface area (Å²) in [7, 11) is 0. The third-order valence-corrected chi connectivity index (χ3v) is 3.79. The Morgan fingerprint density at radius 2 is 1.78 bits per heavy atom. The van der Waals surface area contributed by atoms with E-state index in [1.165, 1.54) is 5.56 Å². The molecule has 1 atom stereocenters. The largest absolute Gasteiger partial charge is 0.424 e. The van der Waals surface area contributed by atoms with Crippen molar-refractivity contribution in [2.24, 2.45) is 0 Å². The molecule has 0 N–H and O–H groups in total. The Morgan fingerprint density at radius 3 is 2.57 bits per heavy atom. The molecular weight excluding hydrogens is 292 g/mol. The summed E-state index contributed by atoms with van der Waals surface area (Å²) in [6.45, 7) is 1.21. The number of para-hydroxylation sites is 1. The van der Waals surface area contributed by atoms with Crippen molar-refractivity contribution >= 4 is 5.97 Å². The van der Waals surface area contributed by atoms with Gasteiger partial charge in [-0.2, -0.15) is 0 Å². The molecule has 0 aromatic heterocycles. The van der Waals surface area contributed by atoms with Crippen molar-refractivity contribution in [3.05, 3.63) is 65.7 Å². The summed E-state index contributed by atoms with van der Waals surface area (Å²) in [4.78, 5) is 12.2. The van der Waals surface area contributed by atoms with E-state index in [2.05, 4.69) is 12.1 Å². The fourth-order valence-corrected chi connectivity index (χ4v) is 2.53. The van der Waals surface area contributed by atoms with Crippen molar-refractivity contribution in [1.82, 2.24) is 0 Å². The van der Waals surface area contributed by atoms with Crippen LogP contribution >= 0.6 is 0 Å². The highest BCUT2D eigenvalue weighted by Gasteiger charge is 2.25. The third kappa shape index (κ3) is 4.41.